The van der Waals surface area contributed by atoms with E-state index in [9.17, 15) is 0 Å². The molecule has 0 aliphatic heterocycles. The van der Waals surface area contributed by atoms with Crippen molar-refractivity contribution in [2.45, 2.75) is 39.7 Å². The second kappa shape index (κ2) is 12.3. The van der Waals surface area contributed by atoms with Crippen LogP contribution in [0.4, 0.5) is 0 Å². The number of ether oxygens (including phenoxy) is 2. The molecule has 0 spiro atoms. The highest BCUT2D eigenvalue weighted by atomic mass is 79.9. The van der Waals surface area contributed by atoms with E-state index in [-0.39, 0.29) is 11.2 Å². The van der Waals surface area contributed by atoms with Gasteiger partial charge in [0, 0.05) is 12.2 Å². The van der Waals surface area contributed by atoms with Crippen molar-refractivity contribution >= 4 is 39.0 Å². The molecule has 0 rings (SSSR count). The van der Waals surface area contributed by atoms with E-state index in [1.54, 1.807) is 13.2 Å². The van der Waals surface area contributed by atoms with Crippen LogP contribution in [0.2, 0.25) is 0 Å². The Bertz CT molecular complexity index is 492. The maximum Gasteiger partial charge on any atom is 0.184 e. The Morgan fingerprint density at radius 1 is 1.48 bits per heavy atom. The first-order valence-electron chi connectivity index (χ1n) is 7.40. The van der Waals surface area contributed by atoms with Crippen molar-refractivity contribution in [3.8, 4) is 0 Å². The topological polar surface area (TPSA) is 68.9 Å². The van der Waals surface area contributed by atoms with E-state index in [1.165, 1.54) is 0 Å². The third-order valence-corrected chi connectivity index (χ3v) is 3.13. The average Bonchev–Trinajstić information content (AvgIpc) is 2.49. The van der Waals surface area contributed by atoms with Crippen molar-refractivity contribution in [2.75, 3.05) is 13.7 Å². The van der Waals surface area contributed by atoms with Gasteiger partial charge in [-0.3, -0.25) is 5.43 Å². The first kappa shape index (κ1) is 21.8. The van der Waals surface area contributed by atoms with E-state index in [1.807, 2.05) is 19.9 Å². The first-order valence-corrected chi connectivity index (χ1v) is 8.60. The SMILES string of the molecule is C=CC(=C(\C=C(/C)Br)OC)/C(=N\NC(N)=S)C(CCC)OCC. The van der Waals surface area contributed by atoms with Gasteiger partial charge >= 0.3 is 0 Å². The summed E-state index contributed by atoms with van der Waals surface area (Å²) in [5, 5.41) is 4.42. The molecule has 23 heavy (non-hydrogen) atoms. The summed E-state index contributed by atoms with van der Waals surface area (Å²) < 4.78 is 12.2. The molecule has 0 aromatic heterocycles. The van der Waals surface area contributed by atoms with Gasteiger partial charge in [0.25, 0.3) is 0 Å². The summed E-state index contributed by atoms with van der Waals surface area (Å²) in [6.07, 6.45) is 5.07. The van der Waals surface area contributed by atoms with Crippen LogP contribution in [0.5, 0.6) is 0 Å². The largest absolute Gasteiger partial charge is 0.496 e. The molecule has 0 aromatic carbocycles. The van der Waals surface area contributed by atoms with Crippen molar-refractivity contribution in [3.63, 3.8) is 0 Å². The molecular weight excluding hydrogens is 378 g/mol. The van der Waals surface area contributed by atoms with E-state index >= 15 is 0 Å². The molecule has 0 saturated carbocycles. The minimum Gasteiger partial charge on any atom is -0.496 e. The molecule has 0 aliphatic rings. The Kier molecular flexibility index (Phi) is 11.6. The van der Waals surface area contributed by atoms with Crippen molar-refractivity contribution in [1.29, 1.82) is 0 Å². The summed E-state index contributed by atoms with van der Waals surface area (Å²) in [7, 11) is 1.60. The summed E-state index contributed by atoms with van der Waals surface area (Å²) in [6, 6.07) is 0. The molecule has 0 amide bonds. The number of methoxy groups -OCH3 is 1. The van der Waals surface area contributed by atoms with Crippen LogP contribution in [-0.4, -0.2) is 30.6 Å². The van der Waals surface area contributed by atoms with Crippen molar-refractivity contribution in [3.05, 3.63) is 34.5 Å². The predicted molar refractivity (Wildman–Crippen MR) is 105 cm³/mol. The van der Waals surface area contributed by atoms with Gasteiger partial charge in [0.15, 0.2) is 5.11 Å². The fraction of sp³-hybridized carbons (Fsp3) is 0.500. The number of hydrogen-bond acceptors (Lipinski definition) is 4. The second-order valence-corrected chi connectivity index (χ2v) is 6.31. The molecule has 0 saturated heterocycles. The van der Waals surface area contributed by atoms with Crippen LogP contribution in [0.1, 0.15) is 33.6 Å². The highest BCUT2D eigenvalue weighted by molar-refractivity contribution is 9.11. The summed E-state index contributed by atoms with van der Waals surface area (Å²) in [6.45, 7) is 10.4. The third-order valence-electron chi connectivity index (χ3n) is 2.81. The minimum absolute atomic E-state index is 0.0869. The number of halogens is 1. The number of hydrogen-bond donors (Lipinski definition) is 2. The monoisotopic (exact) mass is 403 g/mol. The minimum atomic E-state index is -0.214. The van der Waals surface area contributed by atoms with E-state index in [0.29, 0.717) is 18.1 Å². The molecule has 7 heteroatoms. The number of rotatable bonds is 10. The summed E-state index contributed by atoms with van der Waals surface area (Å²) in [4.78, 5) is 0. The summed E-state index contributed by atoms with van der Waals surface area (Å²) >= 11 is 8.25. The van der Waals surface area contributed by atoms with Gasteiger partial charge in [0.2, 0.25) is 0 Å². The lowest BCUT2D eigenvalue weighted by Gasteiger charge is -2.21. The fourth-order valence-corrected chi connectivity index (χ4v) is 2.20. The summed E-state index contributed by atoms with van der Waals surface area (Å²) in [5.74, 6) is 0.624. The molecular formula is C16H26BrN3O2S. The zero-order valence-corrected chi connectivity index (χ0v) is 16.6. The molecule has 5 nitrogen and oxygen atoms in total. The van der Waals surface area contributed by atoms with Crippen LogP contribution in [-0.2, 0) is 9.47 Å². The zero-order chi connectivity index (χ0) is 17.8. The highest BCUT2D eigenvalue weighted by Gasteiger charge is 2.21. The van der Waals surface area contributed by atoms with Crippen LogP contribution in [0.15, 0.2) is 39.6 Å². The lowest BCUT2D eigenvalue weighted by molar-refractivity contribution is 0.103. The van der Waals surface area contributed by atoms with Crippen molar-refractivity contribution < 1.29 is 9.47 Å². The molecule has 130 valence electrons. The number of thiocarbonyl (C=S) groups is 1. The lowest BCUT2D eigenvalue weighted by Crippen LogP contribution is -2.32. The van der Waals surface area contributed by atoms with Gasteiger partial charge in [-0.15, -0.1) is 0 Å². The van der Waals surface area contributed by atoms with Crippen molar-refractivity contribution in [2.24, 2.45) is 10.8 Å². The van der Waals surface area contributed by atoms with Crippen LogP contribution in [0, 0.1) is 0 Å². The van der Waals surface area contributed by atoms with Gasteiger partial charge in [-0.25, -0.2) is 0 Å². The smallest absolute Gasteiger partial charge is 0.184 e. The first-order chi connectivity index (χ1) is 10.9. The molecule has 1 atom stereocenters. The van der Waals surface area contributed by atoms with Crippen molar-refractivity contribution in [1.82, 2.24) is 5.43 Å². The van der Waals surface area contributed by atoms with E-state index < -0.39 is 0 Å². The molecule has 0 heterocycles. The maximum atomic E-state index is 5.83. The van der Waals surface area contributed by atoms with Gasteiger partial charge in [0.05, 0.1) is 7.11 Å². The van der Waals surface area contributed by atoms with Gasteiger partial charge in [-0.1, -0.05) is 41.9 Å². The molecule has 0 fully saturated rings. The number of allylic oxidation sites excluding steroid dienone is 3. The Balaban J connectivity index is 6.09. The maximum absolute atomic E-state index is 5.83. The fourth-order valence-electron chi connectivity index (χ4n) is 1.94. The predicted octanol–water partition coefficient (Wildman–Crippen LogP) is 3.77. The second-order valence-electron chi connectivity index (χ2n) is 4.62. The summed E-state index contributed by atoms with van der Waals surface area (Å²) in [5.41, 5.74) is 9.51. The Hall–Kier alpha value is -1.18. The molecule has 0 bridgehead atoms. The molecule has 3 N–H and O–H groups in total. The van der Waals surface area contributed by atoms with Gasteiger partial charge in [0.1, 0.15) is 17.6 Å². The Morgan fingerprint density at radius 3 is 2.52 bits per heavy atom. The van der Waals surface area contributed by atoms with Gasteiger partial charge in [-0.05, 0) is 43.0 Å². The zero-order valence-electron chi connectivity index (χ0n) is 14.2. The quantitative estimate of drug-likeness (QED) is 0.191. The van der Waals surface area contributed by atoms with E-state index in [0.717, 1.165) is 22.9 Å². The number of hydrazone groups is 1. The van der Waals surface area contributed by atoms with Crippen LogP contribution in [0.3, 0.4) is 0 Å². The Morgan fingerprint density at radius 2 is 2.13 bits per heavy atom. The Labute approximate surface area is 152 Å². The van der Waals surface area contributed by atoms with Crippen LogP contribution >= 0.6 is 28.1 Å². The number of nitrogens with zero attached hydrogens (tertiary/aromatic N) is 1. The molecule has 0 aliphatic carbocycles. The number of nitrogens with two attached hydrogens (primary N) is 1. The number of nitrogens with one attached hydrogen (secondary N) is 1. The lowest BCUT2D eigenvalue weighted by atomic mass is 10.00. The van der Waals surface area contributed by atoms with Crippen LogP contribution in [0.25, 0.3) is 0 Å². The normalized spacial score (nSPS) is 14.8. The van der Waals surface area contributed by atoms with Crippen LogP contribution < -0.4 is 11.2 Å². The van der Waals surface area contributed by atoms with E-state index in [4.69, 9.17) is 27.4 Å². The van der Waals surface area contributed by atoms with Gasteiger partial charge in [-0.2, -0.15) is 5.10 Å². The average molecular weight is 404 g/mol. The van der Waals surface area contributed by atoms with Gasteiger partial charge < -0.3 is 15.2 Å². The third kappa shape index (κ3) is 8.29. The molecule has 0 radical (unpaired) electrons. The highest BCUT2D eigenvalue weighted by Crippen LogP contribution is 2.20. The molecule has 1 unspecified atom stereocenters. The van der Waals surface area contributed by atoms with E-state index in [2.05, 4.69) is 40.0 Å². The molecule has 0 aromatic rings. The standard InChI is InChI=1S/C16H26BrN3O2S/c1-6-9-13(22-8-3)15(19-20-16(18)23)12(7-2)14(21-5)10-11(4)17/h7,10,13H,2,6,8-9H2,1,3-5H3,(H3,18,20,23)/b11-10+,14-12-,19-15+.